The van der Waals surface area contributed by atoms with Crippen molar-refractivity contribution in [1.29, 1.82) is 0 Å². The Kier molecular flexibility index (Phi) is 6.11. The summed E-state index contributed by atoms with van der Waals surface area (Å²) in [5.74, 6) is -1.32. The van der Waals surface area contributed by atoms with E-state index in [4.69, 9.17) is 9.47 Å². The van der Waals surface area contributed by atoms with Gasteiger partial charge in [-0.1, -0.05) is 25.0 Å². The molecule has 0 spiro atoms. The zero-order valence-corrected chi connectivity index (χ0v) is 17.4. The number of Topliss-reactive ketones (excluding diaryl/α,β-unsaturated/α-hetero) is 1. The maximum Gasteiger partial charge on any atom is 0.315 e. The highest BCUT2D eigenvalue weighted by atomic mass is 19.1. The Hall–Kier alpha value is -2.24. The van der Waals surface area contributed by atoms with Crippen molar-refractivity contribution in [3.8, 4) is 0 Å². The van der Waals surface area contributed by atoms with Gasteiger partial charge in [-0.3, -0.25) is 14.4 Å². The van der Waals surface area contributed by atoms with E-state index in [1.165, 1.54) is 13.2 Å². The van der Waals surface area contributed by atoms with Gasteiger partial charge in [-0.25, -0.2) is 4.39 Å². The Morgan fingerprint density at radius 2 is 1.97 bits per heavy atom. The molecule has 29 heavy (non-hydrogen) atoms. The van der Waals surface area contributed by atoms with Crippen molar-refractivity contribution in [3.05, 3.63) is 35.1 Å². The Morgan fingerprint density at radius 1 is 1.28 bits per heavy atom. The van der Waals surface area contributed by atoms with Crippen molar-refractivity contribution in [3.63, 3.8) is 0 Å². The van der Waals surface area contributed by atoms with Crippen LogP contribution in [-0.4, -0.2) is 30.4 Å². The van der Waals surface area contributed by atoms with Gasteiger partial charge in [-0.05, 0) is 57.1 Å². The van der Waals surface area contributed by atoms with Crippen LogP contribution in [0.25, 0.3) is 0 Å². The zero-order valence-electron chi connectivity index (χ0n) is 17.4. The fourth-order valence-corrected chi connectivity index (χ4v) is 4.82. The van der Waals surface area contributed by atoms with Gasteiger partial charge in [0, 0.05) is 12.0 Å². The summed E-state index contributed by atoms with van der Waals surface area (Å²) in [5, 5.41) is 0. The van der Waals surface area contributed by atoms with Gasteiger partial charge in [0.15, 0.2) is 0 Å². The second-order valence-electron chi connectivity index (χ2n) is 8.84. The number of ketones is 1. The molecule has 1 aliphatic carbocycles. The fraction of sp³-hybridized carbons (Fsp3) is 0.609. The first-order valence-electron chi connectivity index (χ1n) is 10.3. The quantitative estimate of drug-likeness (QED) is 0.529. The summed E-state index contributed by atoms with van der Waals surface area (Å²) in [5.41, 5.74) is -0.840. The minimum atomic E-state index is -1.09. The monoisotopic (exact) mass is 404 g/mol. The molecule has 0 amide bonds. The van der Waals surface area contributed by atoms with Crippen LogP contribution < -0.4 is 0 Å². The summed E-state index contributed by atoms with van der Waals surface area (Å²) < 4.78 is 25.4. The number of esters is 2. The van der Waals surface area contributed by atoms with Crippen LogP contribution in [0.3, 0.4) is 0 Å². The van der Waals surface area contributed by atoms with Crippen LogP contribution in [0.2, 0.25) is 0 Å². The van der Waals surface area contributed by atoms with Crippen molar-refractivity contribution in [2.75, 3.05) is 7.11 Å². The molecule has 0 aromatic heterocycles. The number of halogens is 1. The van der Waals surface area contributed by atoms with Gasteiger partial charge in [-0.15, -0.1) is 0 Å². The Labute approximate surface area is 171 Å². The largest absolute Gasteiger partial charge is 0.468 e. The lowest BCUT2D eigenvalue weighted by Crippen LogP contribution is -2.48. The first-order valence-corrected chi connectivity index (χ1v) is 10.3. The molecule has 1 aromatic rings. The molecule has 158 valence electrons. The summed E-state index contributed by atoms with van der Waals surface area (Å²) >= 11 is 0. The molecule has 1 saturated heterocycles. The molecule has 6 heteroatoms. The van der Waals surface area contributed by atoms with Crippen LogP contribution >= 0.6 is 0 Å². The lowest BCUT2D eigenvalue weighted by atomic mass is 9.76. The molecule has 1 unspecified atom stereocenters. The van der Waals surface area contributed by atoms with Crippen molar-refractivity contribution < 1.29 is 28.2 Å². The minimum absolute atomic E-state index is 0.0745. The van der Waals surface area contributed by atoms with E-state index in [2.05, 4.69) is 0 Å². The van der Waals surface area contributed by atoms with Crippen molar-refractivity contribution >= 4 is 17.7 Å². The van der Waals surface area contributed by atoms with Crippen LogP contribution in [0, 0.1) is 11.7 Å². The predicted octanol–water partition coefficient (Wildman–Crippen LogP) is 4.04. The zero-order chi connectivity index (χ0) is 21.2. The van der Waals surface area contributed by atoms with Gasteiger partial charge in [-0.2, -0.15) is 0 Å². The molecule has 1 heterocycles. The number of hydrogen-bond acceptors (Lipinski definition) is 5. The summed E-state index contributed by atoms with van der Waals surface area (Å²) in [6.07, 6.45) is 5.12. The molecule has 0 radical (unpaired) electrons. The molecule has 1 saturated carbocycles. The number of benzene rings is 1. The van der Waals surface area contributed by atoms with Gasteiger partial charge < -0.3 is 9.47 Å². The number of carbonyl (C=O) groups is 3. The predicted molar refractivity (Wildman–Crippen MR) is 105 cm³/mol. The Balaban J connectivity index is 1.80. The average Bonchev–Trinajstić information content (AvgIpc) is 3.20. The smallest absolute Gasteiger partial charge is 0.315 e. The molecule has 1 aliphatic heterocycles. The fourth-order valence-electron chi connectivity index (χ4n) is 4.82. The van der Waals surface area contributed by atoms with E-state index in [1.54, 1.807) is 26.0 Å². The van der Waals surface area contributed by atoms with E-state index in [-0.39, 0.29) is 30.1 Å². The second kappa shape index (κ2) is 8.25. The van der Waals surface area contributed by atoms with E-state index in [1.807, 2.05) is 0 Å². The molecule has 5 nitrogen and oxygen atoms in total. The average molecular weight is 404 g/mol. The number of hydrogen-bond donors (Lipinski definition) is 0. The summed E-state index contributed by atoms with van der Waals surface area (Å²) in [6, 6.07) is 4.83. The maximum atomic E-state index is 14.8. The van der Waals surface area contributed by atoms with Crippen LogP contribution in [0.5, 0.6) is 0 Å². The van der Waals surface area contributed by atoms with Gasteiger partial charge in [0.05, 0.1) is 12.5 Å². The molecule has 1 aromatic carbocycles. The van der Waals surface area contributed by atoms with Crippen LogP contribution in [0.1, 0.15) is 69.9 Å². The molecule has 2 aliphatic rings. The van der Waals surface area contributed by atoms with E-state index in [9.17, 15) is 18.8 Å². The third-order valence-electron chi connectivity index (χ3n) is 6.49. The van der Waals surface area contributed by atoms with E-state index in [0.29, 0.717) is 12.8 Å². The van der Waals surface area contributed by atoms with Crippen LogP contribution in [0.4, 0.5) is 4.39 Å². The Bertz CT molecular complexity index is 791. The van der Waals surface area contributed by atoms with Crippen LogP contribution in [-0.2, 0) is 35.7 Å². The molecule has 3 rings (SSSR count). The molecule has 0 N–H and O–H groups in total. The lowest BCUT2D eigenvalue weighted by Gasteiger charge is -2.41. The molecule has 0 bridgehead atoms. The second-order valence-corrected chi connectivity index (χ2v) is 8.84. The minimum Gasteiger partial charge on any atom is -0.468 e. The highest BCUT2D eigenvalue weighted by Crippen LogP contribution is 2.44. The summed E-state index contributed by atoms with van der Waals surface area (Å²) in [4.78, 5) is 36.2. The third kappa shape index (κ3) is 4.36. The lowest BCUT2D eigenvalue weighted by molar-refractivity contribution is -0.178. The highest BCUT2D eigenvalue weighted by Gasteiger charge is 2.47. The standard InChI is InChI=1S/C23H29FO5/c1-22(2,21(27)28-3)18-9-8-15(12-19(18)24)10-11-23(16-6-4-5-7-16)14-17(25)13-20(26)29-23/h8-9,12,16H,4-7,10-11,13-14H2,1-3H3. The number of rotatable bonds is 6. The molecular formula is C23H29FO5. The molecular weight excluding hydrogens is 375 g/mol. The van der Waals surface area contributed by atoms with Crippen LogP contribution in [0.15, 0.2) is 18.2 Å². The van der Waals surface area contributed by atoms with Crippen molar-refractivity contribution in [2.45, 2.75) is 76.2 Å². The first-order chi connectivity index (χ1) is 13.7. The topological polar surface area (TPSA) is 69.7 Å². The molecule has 1 atom stereocenters. The van der Waals surface area contributed by atoms with E-state index < -0.39 is 28.8 Å². The molecule has 2 fully saturated rings. The SMILES string of the molecule is COC(=O)C(C)(C)c1ccc(CCC2(C3CCCC3)CC(=O)CC(=O)O2)cc1F. The van der Waals surface area contributed by atoms with Crippen molar-refractivity contribution in [1.82, 2.24) is 0 Å². The van der Waals surface area contributed by atoms with Gasteiger partial charge >= 0.3 is 11.9 Å². The first kappa shape index (κ1) is 21.5. The summed E-state index contributed by atoms with van der Waals surface area (Å²) in [7, 11) is 1.28. The number of methoxy groups -OCH3 is 1. The van der Waals surface area contributed by atoms with E-state index >= 15 is 0 Å². The Morgan fingerprint density at radius 3 is 2.55 bits per heavy atom. The number of carbonyl (C=O) groups excluding carboxylic acids is 3. The highest BCUT2D eigenvalue weighted by molar-refractivity contribution is 5.98. The normalized spacial score (nSPS) is 23.2. The number of cyclic esters (lactones) is 1. The van der Waals surface area contributed by atoms with Gasteiger partial charge in [0.2, 0.25) is 0 Å². The van der Waals surface area contributed by atoms with E-state index in [0.717, 1.165) is 31.2 Å². The number of ether oxygens (including phenoxy) is 2. The number of aryl methyl sites for hydroxylation is 1. The maximum absolute atomic E-state index is 14.8. The van der Waals surface area contributed by atoms with Gasteiger partial charge in [0.1, 0.15) is 23.6 Å². The third-order valence-corrected chi connectivity index (χ3v) is 6.49. The van der Waals surface area contributed by atoms with Gasteiger partial charge in [0.25, 0.3) is 0 Å². The van der Waals surface area contributed by atoms with Crippen molar-refractivity contribution in [2.24, 2.45) is 5.92 Å². The summed E-state index contributed by atoms with van der Waals surface area (Å²) in [6.45, 7) is 3.25.